The van der Waals surface area contributed by atoms with Crippen molar-refractivity contribution in [2.24, 2.45) is 0 Å². The minimum atomic E-state index is 1.17. The van der Waals surface area contributed by atoms with E-state index in [0.29, 0.717) is 0 Å². The van der Waals surface area contributed by atoms with Gasteiger partial charge >= 0.3 is 0 Å². The van der Waals surface area contributed by atoms with E-state index < -0.39 is 0 Å². The number of benzene rings is 8. The molecule has 0 fully saturated rings. The van der Waals surface area contributed by atoms with E-state index in [-0.39, 0.29) is 0 Å². The second-order valence-corrected chi connectivity index (χ2v) is 13.2. The average molecular weight is 602 g/mol. The van der Waals surface area contributed by atoms with Gasteiger partial charge in [-0.1, -0.05) is 145 Å². The van der Waals surface area contributed by atoms with Crippen molar-refractivity contribution in [2.75, 3.05) is 0 Å². The molecule has 1 aliphatic rings. The van der Waals surface area contributed by atoms with Crippen LogP contribution in [0.2, 0.25) is 0 Å². The van der Waals surface area contributed by atoms with Crippen LogP contribution >= 0.6 is 11.8 Å². The fourth-order valence-corrected chi connectivity index (χ4v) is 8.63. The fraction of sp³-hybridized carbons (Fsp3) is 0. The first-order valence-corrected chi connectivity index (χ1v) is 16.6. The molecular formula is C44H27NS. The van der Waals surface area contributed by atoms with E-state index >= 15 is 0 Å². The fourth-order valence-electron chi connectivity index (χ4n) is 7.50. The van der Waals surface area contributed by atoms with Crippen molar-refractivity contribution < 1.29 is 0 Å². The SMILES string of the molecule is c1cc(-c2ccc(-c3ccc4c5c(cccc35)-c3ccccc3S4)cc2)cc(-n2c3ccccc3c3ccc4ccccc4c32)c1. The van der Waals surface area contributed by atoms with Crippen molar-refractivity contribution in [3.63, 3.8) is 0 Å². The van der Waals surface area contributed by atoms with E-state index in [4.69, 9.17) is 0 Å². The third-order valence-electron chi connectivity index (χ3n) is 9.59. The van der Waals surface area contributed by atoms with Crippen molar-refractivity contribution in [1.82, 2.24) is 4.57 Å². The molecule has 0 unspecified atom stereocenters. The highest BCUT2D eigenvalue weighted by atomic mass is 32.2. The van der Waals surface area contributed by atoms with Crippen molar-refractivity contribution in [1.29, 1.82) is 0 Å². The van der Waals surface area contributed by atoms with Gasteiger partial charge in [-0.15, -0.1) is 0 Å². The minimum absolute atomic E-state index is 1.17. The molecule has 9 aromatic rings. The zero-order valence-corrected chi connectivity index (χ0v) is 25.8. The summed E-state index contributed by atoms with van der Waals surface area (Å²) in [7, 11) is 0. The van der Waals surface area contributed by atoms with Gasteiger partial charge in [0.25, 0.3) is 0 Å². The molecule has 0 spiro atoms. The molecule has 0 saturated carbocycles. The van der Waals surface area contributed by atoms with E-state index in [1.54, 1.807) is 0 Å². The highest BCUT2D eigenvalue weighted by Crippen LogP contribution is 2.49. The van der Waals surface area contributed by atoms with Gasteiger partial charge in [0.2, 0.25) is 0 Å². The molecule has 2 heteroatoms. The van der Waals surface area contributed by atoms with Crippen LogP contribution in [0.25, 0.3) is 82.4 Å². The van der Waals surface area contributed by atoms with Gasteiger partial charge in [0.15, 0.2) is 0 Å². The number of fused-ring (bicyclic) bond motifs is 7. The molecule has 8 aromatic carbocycles. The van der Waals surface area contributed by atoms with Gasteiger partial charge in [-0.2, -0.15) is 0 Å². The van der Waals surface area contributed by atoms with Gasteiger partial charge in [0, 0.05) is 37.0 Å². The lowest BCUT2D eigenvalue weighted by Crippen LogP contribution is -1.95. The predicted molar refractivity (Wildman–Crippen MR) is 196 cm³/mol. The van der Waals surface area contributed by atoms with Gasteiger partial charge in [-0.25, -0.2) is 0 Å². The smallest absolute Gasteiger partial charge is 0.0619 e. The molecule has 1 nitrogen and oxygen atoms in total. The molecule has 46 heavy (non-hydrogen) atoms. The first-order chi connectivity index (χ1) is 22.8. The third kappa shape index (κ3) is 3.77. The molecule has 2 heterocycles. The van der Waals surface area contributed by atoms with Crippen LogP contribution in [0.5, 0.6) is 0 Å². The predicted octanol–water partition coefficient (Wildman–Crippen LogP) is 12.6. The van der Waals surface area contributed by atoms with Gasteiger partial charge < -0.3 is 4.57 Å². The Kier molecular flexibility index (Phi) is 5.58. The average Bonchev–Trinajstić information content (AvgIpc) is 3.47. The first-order valence-electron chi connectivity index (χ1n) is 15.8. The summed E-state index contributed by atoms with van der Waals surface area (Å²) >= 11 is 1.88. The normalized spacial score (nSPS) is 12.3. The molecule has 1 aliphatic heterocycles. The number of hydrogen-bond acceptors (Lipinski definition) is 1. The van der Waals surface area contributed by atoms with Crippen molar-refractivity contribution >= 4 is 55.1 Å². The van der Waals surface area contributed by atoms with Crippen LogP contribution < -0.4 is 0 Å². The number of aromatic nitrogens is 1. The maximum Gasteiger partial charge on any atom is 0.0619 e. The number of hydrogen-bond donors (Lipinski definition) is 0. The number of para-hydroxylation sites is 1. The zero-order valence-electron chi connectivity index (χ0n) is 24.9. The molecule has 10 rings (SSSR count). The van der Waals surface area contributed by atoms with Crippen LogP contribution in [-0.4, -0.2) is 4.57 Å². The monoisotopic (exact) mass is 601 g/mol. The van der Waals surface area contributed by atoms with Crippen LogP contribution in [0.1, 0.15) is 0 Å². The van der Waals surface area contributed by atoms with Crippen LogP contribution in [0.3, 0.4) is 0 Å². The second kappa shape index (κ2) is 9.97. The minimum Gasteiger partial charge on any atom is -0.309 e. The Balaban J connectivity index is 1.09. The van der Waals surface area contributed by atoms with Crippen molar-refractivity contribution in [2.45, 2.75) is 9.79 Å². The Morgan fingerprint density at radius 2 is 1.13 bits per heavy atom. The van der Waals surface area contributed by atoms with Gasteiger partial charge in [-0.3, -0.25) is 0 Å². The highest BCUT2D eigenvalue weighted by Gasteiger charge is 2.20. The summed E-state index contributed by atoms with van der Waals surface area (Å²) in [5.74, 6) is 0. The molecule has 0 saturated heterocycles. The quantitative estimate of drug-likeness (QED) is 0.195. The molecule has 0 bridgehead atoms. The summed E-state index contributed by atoms with van der Waals surface area (Å²) in [6.07, 6.45) is 0. The Morgan fingerprint density at radius 3 is 2.07 bits per heavy atom. The summed E-state index contributed by atoms with van der Waals surface area (Å²) in [6, 6.07) is 60.2. The largest absolute Gasteiger partial charge is 0.309 e. The van der Waals surface area contributed by atoms with E-state index in [1.165, 1.54) is 92.2 Å². The summed E-state index contributed by atoms with van der Waals surface area (Å²) in [5, 5.41) is 7.76. The topological polar surface area (TPSA) is 4.93 Å². The Morgan fingerprint density at radius 1 is 0.391 bits per heavy atom. The maximum absolute atomic E-state index is 2.44. The lowest BCUT2D eigenvalue weighted by Gasteiger charge is -2.21. The van der Waals surface area contributed by atoms with Crippen LogP contribution in [0.15, 0.2) is 174 Å². The summed E-state index contributed by atoms with van der Waals surface area (Å²) in [5.41, 5.74) is 11.2. The highest BCUT2D eigenvalue weighted by molar-refractivity contribution is 7.99. The molecule has 0 N–H and O–H groups in total. The first kappa shape index (κ1) is 25.7. The standard InChI is InChI=1S/C44H27NS/c1-2-12-34-29(9-1)23-24-39-35-13-3-5-17-40(35)45(44(34)39)32-11-7-10-31(27-32)28-19-21-30(22-20-28)33-25-26-42-43-37(33)15-8-16-38(43)36-14-4-6-18-41(36)46-42/h1-27H. The Labute approximate surface area is 271 Å². The maximum atomic E-state index is 2.44. The Bertz CT molecular complexity index is 2660. The number of rotatable bonds is 3. The summed E-state index contributed by atoms with van der Waals surface area (Å²) in [6.45, 7) is 0. The van der Waals surface area contributed by atoms with Gasteiger partial charge in [0.05, 0.1) is 11.0 Å². The van der Waals surface area contributed by atoms with E-state index in [2.05, 4.69) is 168 Å². The molecule has 1 aromatic heterocycles. The molecule has 214 valence electrons. The van der Waals surface area contributed by atoms with E-state index in [0.717, 1.165) is 0 Å². The second-order valence-electron chi connectivity index (χ2n) is 12.1. The molecule has 0 atom stereocenters. The molecule has 0 amide bonds. The number of nitrogens with zero attached hydrogens (tertiary/aromatic N) is 1. The van der Waals surface area contributed by atoms with Crippen molar-refractivity contribution in [3.05, 3.63) is 164 Å². The van der Waals surface area contributed by atoms with E-state index in [9.17, 15) is 0 Å². The molecule has 0 radical (unpaired) electrons. The van der Waals surface area contributed by atoms with E-state index in [1.807, 2.05) is 11.8 Å². The lowest BCUT2D eigenvalue weighted by atomic mass is 9.92. The van der Waals surface area contributed by atoms with Gasteiger partial charge in [-0.05, 0) is 74.5 Å². The Hall–Kier alpha value is -5.57. The zero-order chi connectivity index (χ0) is 30.2. The summed E-state index contributed by atoms with van der Waals surface area (Å²) < 4.78 is 2.44. The third-order valence-corrected chi connectivity index (χ3v) is 10.7. The molecular weight excluding hydrogens is 575 g/mol. The van der Waals surface area contributed by atoms with Crippen molar-refractivity contribution in [3.8, 4) is 39.1 Å². The lowest BCUT2D eigenvalue weighted by molar-refractivity contribution is 1.19. The molecule has 0 aliphatic carbocycles. The summed E-state index contributed by atoms with van der Waals surface area (Å²) in [4.78, 5) is 2.66. The van der Waals surface area contributed by atoms with Crippen LogP contribution in [-0.2, 0) is 0 Å². The van der Waals surface area contributed by atoms with Crippen LogP contribution in [0.4, 0.5) is 0 Å². The van der Waals surface area contributed by atoms with Crippen LogP contribution in [0, 0.1) is 0 Å². The van der Waals surface area contributed by atoms with Gasteiger partial charge in [0.1, 0.15) is 0 Å².